The lowest BCUT2D eigenvalue weighted by Gasteiger charge is -2.24. The zero-order chi connectivity index (χ0) is 12.7. The molecule has 6 nitrogen and oxygen atoms in total. The van der Waals surface area contributed by atoms with Gasteiger partial charge in [0.25, 0.3) is 0 Å². The molecular weight excluding hydrogens is 258 g/mol. The second-order valence-corrected chi connectivity index (χ2v) is 7.26. The average molecular weight is 277 g/mol. The standard InChI is InChI=1S/C9H19N3O3SSi/c1-13-17(14-2,15-3)7-5-6-12-8-10-9(11-12)16-4/h8H,5-7H2,1-4H3. The second kappa shape index (κ2) is 7.12. The van der Waals surface area contributed by atoms with Crippen LogP contribution in [0.1, 0.15) is 6.42 Å². The van der Waals surface area contributed by atoms with Crippen LogP contribution < -0.4 is 0 Å². The van der Waals surface area contributed by atoms with Crippen LogP contribution in [-0.2, 0) is 19.8 Å². The van der Waals surface area contributed by atoms with Crippen LogP contribution in [0, 0.1) is 0 Å². The van der Waals surface area contributed by atoms with E-state index in [1.807, 2.05) is 10.9 Å². The third-order valence-electron chi connectivity index (χ3n) is 2.50. The molecule has 0 radical (unpaired) electrons. The first-order valence-electron chi connectivity index (χ1n) is 5.28. The molecule has 98 valence electrons. The molecule has 8 heteroatoms. The molecular formula is C9H19N3O3SSi. The molecule has 0 N–H and O–H groups in total. The number of nitrogens with zero attached hydrogens (tertiary/aromatic N) is 3. The summed E-state index contributed by atoms with van der Waals surface area (Å²) in [7, 11) is 2.44. The first-order chi connectivity index (χ1) is 8.19. The van der Waals surface area contributed by atoms with Crippen molar-refractivity contribution in [3.05, 3.63) is 6.33 Å². The Hall–Kier alpha value is -0.413. The summed E-state index contributed by atoms with van der Waals surface area (Å²) in [6.45, 7) is 0.790. The smallest absolute Gasteiger partial charge is 0.377 e. The molecule has 0 aromatic carbocycles. The van der Waals surface area contributed by atoms with Gasteiger partial charge in [-0.1, -0.05) is 11.8 Å². The topological polar surface area (TPSA) is 58.4 Å². The van der Waals surface area contributed by atoms with E-state index < -0.39 is 8.80 Å². The normalized spacial score (nSPS) is 12.0. The van der Waals surface area contributed by atoms with Crippen LogP contribution >= 0.6 is 11.8 Å². The molecule has 0 spiro atoms. The number of aromatic nitrogens is 3. The molecule has 0 atom stereocenters. The molecule has 0 saturated heterocycles. The highest BCUT2D eigenvalue weighted by Gasteiger charge is 2.36. The van der Waals surface area contributed by atoms with Crippen LogP contribution in [0.25, 0.3) is 0 Å². The van der Waals surface area contributed by atoms with E-state index in [1.54, 1.807) is 27.7 Å². The molecule has 0 aliphatic heterocycles. The van der Waals surface area contributed by atoms with Gasteiger partial charge in [-0.25, -0.2) is 4.98 Å². The van der Waals surface area contributed by atoms with Gasteiger partial charge in [-0.15, -0.1) is 5.10 Å². The maximum Gasteiger partial charge on any atom is 0.500 e. The lowest BCUT2D eigenvalue weighted by Crippen LogP contribution is -2.42. The Bertz CT molecular complexity index is 325. The fourth-order valence-electron chi connectivity index (χ4n) is 1.49. The van der Waals surface area contributed by atoms with E-state index in [2.05, 4.69) is 10.1 Å². The van der Waals surface area contributed by atoms with Crippen LogP contribution in [0.15, 0.2) is 11.5 Å². The van der Waals surface area contributed by atoms with Crippen molar-refractivity contribution in [3.8, 4) is 0 Å². The molecule has 1 rings (SSSR count). The summed E-state index contributed by atoms with van der Waals surface area (Å²) in [6.07, 6.45) is 4.58. The highest BCUT2D eigenvalue weighted by Crippen LogP contribution is 2.15. The monoisotopic (exact) mass is 277 g/mol. The summed E-state index contributed by atoms with van der Waals surface area (Å²) in [6, 6.07) is 0.769. The SMILES string of the molecule is CO[Si](CCCn1cnc(SC)n1)(OC)OC. The zero-order valence-corrected chi connectivity index (χ0v) is 12.5. The Morgan fingerprint density at radius 2 is 1.94 bits per heavy atom. The van der Waals surface area contributed by atoms with Crippen LogP contribution in [-0.4, -0.2) is 51.2 Å². The zero-order valence-electron chi connectivity index (χ0n) is 10.7. The minimum Gasteiger partial charge on any atom is -0.377 e. The van der Waals surface area contributed by atoms with Gasteiger partial charge in [0, 0.05) is 33.9 Å². The van der Waals surface area contributed by atoms with E-state index in [1.165, 1.54) is 11.8 Å². The van der Waals surface area contributed by atoms with E-state index in [4.69, 9.17) is 13.3 Å². The molecule has 1 aromatic heterocycles. The van der Waals surface area contributed by atoms with Gasteiger partial charge in [0.1, 0.15) is 6.33 Å². The molecule has 0 saturated carbocycles. The third-order valence-corrected chi connectivity index (χ3v) is 5.89. The second-order valence-electron chi connectivity index (χ2n) is 3.39. The Morgan fingerprint density at radius 1 is 1.29 bits per heavy atom. The van der Waals surface area contributed by atoms with E-state index in [9.17, 15) is 0 Å². The van der Waals surface area contributed by atoms with Crippen LogP contribution in [0.4, 0.5) is 0 Å². The summed E-state index contributed by atoms with van der Waals surface area (Å²) >= 11 is 1.53. The lowest BCUT2D eigenvalue weighted by molar-refractivity contribution is 0.122. The van der Waals surface area contributed by atoms with Gasteiger partial charge in [-0.05, 0) is 12.7 Å². The highest BCUT2D eigenvalue weighted by molar-refractivity contribution is 7.98. The Balaban J connectivity index is 2.40. The molecule has 1 aromatic rings. The number of hydrogen-bond acceptors (Lipinski definition) is 6. The van der Waals surface area contributed by atoms with Crippen molar-refractivity contribution < 1.29 is 13.3 Å². The van der Waals surface area contributed by atoms with Gasteiger partial charge in [-0.3, -0.25) is 4.68 Å². The summed E-state index contributed by atoms with van der Waals surface area (Å²) in [5.74, 6) is 0. The number of aryl methyl sites for hydroxylation is 1. The molecule has 0 aliphatic carbocycles. The Labute approximate surface area is 107 Å². The van der Waals surface area contributed by atoms with Crippen molar-refractivity contribution in [2.24, 2.45) is 0 Å². The van der Waals surface area contributed by atoms with E-state index in [0.29, 0.717) is 0 Å². The Kier molecular flexibility index (Phi) is 6.13. The van der Waals surface area contributed by atoms with E-state index in [0.717, 1.165) is 24.2 Å². The summed E-state index contributed by atoms with van der Waals surface area (Å²) < 4.78 is 17.9. The minimum atomic E-state index is -2.44. The quantitative estimate of drug-likeness (QED) is 0.527. The molecule has 0 unspecified atom stereocenters. The van der Waals surface area contributed by atoms with Gasteiger partial charge >= 0.3 is 8.80 Å². The van der Waals surface area contributed by atoms with Crippen LogP contribution in [0.5, 0.6) is 0 Å². The van der Waals surface area contributed by atoms with Gasteiger partial charge in [0.05, 0.1) is 0 Å². The molecule has 0 aliphatic rings. The van der Waals surface area contributed by atoms with Crippen LogP contribution in [0.3, 0.4) is 0 Å². The molecule has 0 bridgehead atoms. The number of hydrogen-bond donors (Lipinski definition) is 0. The van der Waals surface area contributed by atoms with Crippen molar-refractivity contribution in [3.63, 3.8) is 0 Å². The van der Waals surface area contributed by atoms with Crippen molar-refractivity contribution >= 4 is 20.6 Å². The summed E-state index contributed by atoms with van der Waals surface area (Å²) in [4.78, 5) is 4.14. The summed E-state index contributed by atoms with van der Waals surface area (Å²) in [5.41, 5.74) is 0. The van der Waals surface area contributed by atoms with Gasteiger partial charge in [-0.2, -0.15) is 0 Å². The number of rotatable bonds is 8. The largest absolute Gasteiger partial charge is 0.500 e. The number of thioether (sulfide) groups is 1. The predicted molar refractivity (Wildman–Crippen MR) is 68.0 cm³/mol. The summed E-state index contributed by atoms with van der Waals surface area (Å²) in [5, 5.41) is 5.08. The van der Waals surface area contributed by atoms with Gasteiger partial charge in [0.2, 0.25) is 5.16 Å². The maximum atomic E-state index is 5.35. The van der Waals surface area contributed by atoms with Crippen molar-refractivity contribution in [2.75, 3.05) is 27.6 Å². The van der Waals surface area contributed by atoms with Gasteiger partial charge in [0.15, 0.2) is 0 Å². The average Bonchev–Trinajstić information content (AvgIpc) is 2.83. The highest BCUT2D eigenvalue weighted by atomic mass is 32.2. The molecule has 0 fully saturated rings. The van der Waals surface area contributed by atoms with Crippen molar-refractivity contribution in [1.82, 2.24) is 14.8 Å². The maximum absolute atomic E-state index is 5.35. The molecule has 0 amide bonds. The fraction of sp³-hybridized carbons (Fsp3) is 0.778. The van der Waals surface area contributed by atoms with Crippen molar-refractivity contribution in [1.29, 1.82) is 0 Å². The van der Waals surface area contributed by atoms with Gasteiger partial charge < -0.3 is 13.3 Å². The van der Waals surface area contributed by atoms with E-state index >= 15 is 0 Å². The predicted octanol–water partition coefficient (Wildman–Crippen LogP) is 1.27. The third kappa shape index (κ3) is 4.07. The first-order valence-corrected chi connectivity index (χ1v) is 8.44. The van der Waals surface area contributed by atoms with Crippen LogP contribution in [0.2, 0.25) is 6.04 Å². The Morgan fingerprint density at radius 3 is 2.41 bits per heavy atom. The first kappa shape index (κ1) is 14.6. The lowest BCUT2D eigenvalue weighted by atomic mass is 10.5. The minimum absolute atomic E-state index is 0.769. The van der Waals surface area contributed by atoms with E-state index in [-0.39, 0.29) is 0 Å². The van der Waals surface area contributed by atoms with Crippen molar-refractivity contribution in [2.45, 2.75) is 24.2 Å². The fourth-order valence-corrected chi connectivity index (χ4v) is 3.54. The molecule has 17 heavy (non-hydrogen) atoms. The molecule has 1 heterocycles.